The van der Waals surface area contributed by atoms with Gasteiger partial charge in [0.1, 0.15) is 5.52 Å². The zero-order valence-electron chi connectivity index (χ0n) is 12.8. The first-order valence-electron chi connectivity index (χ1n) is 7.64. The molecule has 1 saturated heterocycles. The fraction of sp³-hybridized carbons (Fsp3) is 0.222. The molecule has 24 heavy (non-hydrogen) atoms. The van der Waals surface area contributed by atoms with Crippen molar-refractivity contribution < 1.29 is 13.9 Å². The molecule has 0 atom stereocenters. The maximum absolute atomic E-state index is 12.2. The molecule has 2 aromatic carbocycles. The molecule has 0 unspecified atom stereocenters. The van der Waals surface area contributed by atoms with Crippen molar-refractivity contribution in [3.05, 3.63) is 65.5 Å². The number of nitrogens with zero attached hydrogens (tertiary/aromatic N) is 1. The molecule has 2 heterocycles. The Balaban J connectivity index is 1.40. The summed E-state index contributed by atoms with van der Waals surface area (Å²) in [7, 11) is 0. The van der Waals surface area contributed by atoms with Gasteiger partial charge in [-0.3, -0.25) is 0 Å². The first kappa shape index (κ1) is 15.6. The second-order valence-corrected chi connectivity index (χ2v) is 8.07. The molecule has 4 nitrogen and oxygen atoms in total. The molecule has 0 amide bonds. The standard InChI is InChI=1S/C18H15NO3S2/c20-17(12-5-7-13(8-6-12)18-23-9-10-24-18)21-11-16-19-14-3-1-2-4-15(14)22-16/h1-8,18H,9-11H2. The van der Waals surface area contributed by atoms with Crippen LogP contribution in [0.25, 0.3) is 11.1 Å². The number of benzene rings is 2. The molecule has 1 aliphatic rings. The van der Waals surface area contributed by atoms with E-state index in [1.807, 2.05) is 72.1 Å². The lowest BCUT2D eigenvalue weighted by Crippen LogP contribution is -2.05. The highest BCUT2D eigenvalue weighted by molar-refractivity contribution is 8.19. The van der Waals surface area contributed by atoms with E-state index in [4.69, 9.17) is 9.15 Å². The number of hydrogen-bond acceptors (Lipinski definition) is 6. The van der Waals surface area contributed by atoms with Crippen molar-refractivity contribution in [3.63, 3.8) is 0 Å². The first-order chi connectivity index (χ1) is 11.8. The maximum Gasteiger partial charge on any atom is 0.338 e. The number of oxazole rings is 1. The van der Waals surface area contributed by atoms with Crippen LogP contribution in [0.5, 0.6) is 0 Å². The zero-order valence-corrected chi connectivity index (χ0v) is 14.4. The van der Waals surface area contributed by atoms with Crippen molar-refractivity contribution in [1.82, 2.24) is 4.98 Å². The van der Waals surface area contributed by atoms with Crippen molar-refractivity contribution in [2.45, 2.75) is 11.2 Å². The van der Waals surface area contributed by atoms with E-state index in [1.165, 1.54) is 17.1 Å². The highest BCUT2D eigenvalue weighted by Gasteiger charge is 2.18. The second kappa shape index (κ2) is 6.91. The topological polar surface area (TPSA) is 52.3 Å². The molecule has 3 aromatic rings. The summed E-state index contributed by atoms with van der Waals surface area (Å²) >= 11 is 3.89. The van der Waals surface area contributed by atoms with Gasteiger partial charge in [0.15, 0.2) is 12.2 Å². The van der Waals surface area contributed by atoms with Gasteiger partial charge < -0.3 is 9.15 Å². The average Bonchev–Trinajstić information content (AvgIpc) is 3.29. The summed E-state index contributed by atoms with van der Waals surface area (Å²) in [6.07, 6.45) is 0. The minimum atomic E-state index is -0.365. The van der Waals surface area contributed by atoms with Crippen molar-refractivity contribution in [2.75, 3.05) is 11.5 Å². The molecule has 0 spiro atoms. The maximum atomic E-state index is 12.2. The molecule has 0 radical (unpaired) electrons. The van der Waals surface area contributed by atoms with Crippen LogP contribution >= 0.6 is 23.5 Å². The third kappa shape index (κ3) is 3.30. The summed E-state index contributed by atoms with van der Waals surface area (Å²) in [5.41, 5.74) is 3.25. The minimum Gasteiger partial charge on any atom is -0.452 e. The van der Waals surface area contributed by atoms with E-state index >= 15 is 0 Å². The molecule has 6 heteroatoms. The highest BCUT2D eigenvalue weighted by Crippen LogP contribution is 2.45. The van der Waals surface area contributed by atoms with E-state index < -0.39 is 0 Å². The number of hydrogen-bond donors (Lipinski definition) is 0. The van der Waals surface area contributed by atoms with Crippen LogP contribution in [0, 0.1) is 0 Å². The Morgan fingerprint density at radius 1 is 1.12 bits per heavy atom. The van der Waals surface area contributed by atoms with Crippen LogP contribution in [0.1, 0.15) is 26.4 Å². The number of aromatic nitrogens is 1. The van der Waals surface area contributed by atoms with E-state index in [1.54, 1.807) is 0 Å². The van der Waals surface area contributed by atoms with E-state index in [2.05, 4.69) is 4.98 Å². The summed E-state index contributed by atoms with van der Waals surface area (Å²) in [6.45, 7) is 0.0313. The van der Waals surface area contributed by atoms with Gasteiger partial charge in [-0.2, -0.15) is 0 Å². The van der Waals surface area contributed by atoms with E-state index in [-0.39, 0.29) is 12.6 Å². The smallest absolute Gasteiger partial charge is 0.338 e. The van der Waals surface area contributed by atoms with Crippen molar-refractivity contribution in [1.29, 1.82) is 0 Å². The Labute approximate surface area is 148 Å². The van der Waals surface area contributed by atoms with Crippen LogP contribution in [-0.2, 0) is 11.3 Å². The Kier molecular flexibility index (Phi) is 4.49. The third-order valence-corrected chi connectivity index (χ3v) is 6.81. The van der Waals surface area contributed by atoms with E-state index in [0.717, 1.165) is 5.52 Å². The van der Waals surface area contributed by atoms with Crippen LogP contribution in [0.3, 0.4) is 0 Å². The Morgan fingerprint density at radius 3 is 2.62 bits per heavy atom. The normalized spacial score (nSPS) is 15.0. The number of carbonyl (C=O) groups excluding carboxylic acids is 1. The Hall–Kier alpha value is -1.92. The van der Waals surface area contributed by atoms with E-state index in [9.17, 15) is 4.79 Å². The molecule has 122 valence electrons. The highest BCUT2D eigenvalue weighted by atomic mass is 32.2. The summed E-state index contributed by atoms with van der Waals surface area (Å²) < 4.78 is 11.3. The summed E-state index contributed by atoms with van der Waals surface area (Å²) in [6, 6.07) is 15.1. The fourth-order valence-electron chi connectivity index (χ4n) is 2.52. The predicted molar refractivity (Wildman–Crippen MR) is 97.2 cm³/mol. The van der Waals surface area contributed by atoms with Gasteiger partial charge in [0.05, 0.1) is 10.1 Å². The number of fused-ring (bicyclic) bond motifs is 1. The largest absolute Gasteiger partial charge is 0.452 e. The van der Waals surface area contributed by atoms with Crippen LogP contribution in [0.2, 0.25) is 0 Å². The molecular formula is C18H15NO3S2. The van der Waals surface area contributed by atoms with Gasteiger partial charge in [-0.15, -0.1) is 23.5 Å². The minimum absolute atomic E-state index is 0.0313. The quantitative estimate of drug-likeness (QED) is 0.633. The average molecular weight is 357 g/mol. The molecule has 0 saturated carbocycles. The van der Waals surface area contributed by atoms with Gasteiger partial charge in [0, 0.05) is 11.5 Å². The number of ether oxygens (including phenoxy) is 1. The van der Waals surface area contributed by atoms with Crippen LogP contribution in [0.4, 0.5) is 0 Å². The molecule has 4 rings (SSSR count). The number of para-hydroxylation sites is 2. The molecule has 1 fully saturated rings. The van der Waals surface area contributed by atoms with Gasteiger partial charge >= 0.3 is 5.97 Å². The lowest BCUT2D eigenvalue weighted by atomic mass is 10.1. The van der Waals surface area contributed by atoms with Gasteiger partial charge in [-0.1, -0.05) is 24.3 Å². The van der Waals surface area contributed by atoms with Gasteiger partial charge in [-0.05, 0) is 29.8 Å². The first-order valence-corrected chi connectivity index (χ1v) is 9.74. The summed E-state index contributed by atoms with van der Waals surface area (Å²) in [5.74, 6) is 2.41. The number of thioether (sulfide) groups is 2. The van der Waals surface area contributed by atoms with Crippen LogP contribution in [-0.4, -0.2) is 22.5 Å². The van der Waals surface area contributed by atoms with Gasteiger partial charge in [0.2, 0.25) is 5.89 Å². The SMILES string of the molecule is O=C(OCc1nc2ccccc2o1)c1ccc(C2SCCS2)cc1. The molecule has 0 N–H and O–H groups in total. The lowest BCUT2D eigenvalue weighted by molar-refractivity contribution is 0.0440. The van der Waals surface area contributed by atoms with Crippen LogP contribution in [0.15, 0.2) is 52.9 Å². The Morgan fingerprint density at radius 2 is 1.88 bits per heavy atom. The number of rotatable bonds is 4. The molecular weight excluding hydrogens is 342 g/mol. The van der Waals surface area contributed by atoms with Crippen LogP contribution < -0.4 is 0 Å². The van der Waals surface area contributed by atoms with Crippen molar-refractivity contribution >= 4 is 40.6 Å². The number of carbonyl (C=O) groups is 1. The molecule has 1 aromatic heterocycles. The molecule has 0 aliphatic carbocycles. The van der Waals surface area contributed by atoms with Crippen molar-refractivity contribution in [2.24, 2.45) is 0 Å². The van der Waals surface area contributed by atoms with E-state index in [0.29, 0.717) is 21.6 Å². The molecule has 0 bridgehead atoms. The lowest BCUT2D eigenvalue weighted by Gasteiger charge is -2.08. The second-order valence-electron chi connectivity index (χ2n) is 5.35. The summed E-state index contributed by atoms with van der Waals surface area (Å²) in [4.78, 5) is 16.5. The monoisotopic (exact) mass is 357 g/mol. The summed E-state index contributed by atoms with van der Waals surface area (Å²) in [5, 5.41) is 0. The van der Waals surface area contributed by atoms with Gasteiger partial charge in [-0.25, -0.2) is 9.78 Å². The zero-order chi connectivity index (χ0) is 16.4. The number of esters is 1. The fourth-order valence-corrected chi connectivity index (χ4v) is 5.38. The van der Waals surface area contributed by atoms with Crippen molar-refractivity contribution in [3.8, 4) is 0 Å². The molecule has 1 aliphatic heterocycles. The van der Waals surface area contributed by atoms with Gasteiger partial charge in [0.25, 0.3) is 0 Å². The predicted octanol–water partition coefficient (Wildman–Crippen LogP) is 4.66. The third-order valence-electron chi connectivity index (χ3n) is 3.71. The Bertz CT molecular complexity index is 821.